The number of benzene rings is 1. The first-order valence-electron chi connectivity index (χ1n) is 3.78. The van der Waals surface area contributed by atoms with Crippen LogP contribution >= 0.6 is 11.8 Å². The number of hydrogen-bond acceptors (Lipinski definition) is 2. The van der Waals surface area contributed by atoms with Crippen molar-refractivity contribution in [1.82, 2.24) is 0 Å². The summed E-state index contributed by atoms with van der Waals surface area (Å²) in [6, 6.07) is 8.20. The third kappa shape index (κ3) is 2.72. The van der Waals surface area contributed by atoms with Crippen LogP contribution < -0.4 is 0 Å². The van der Waals surface area contributed by atoms with Gasteiger partial charge in [-0.15, -0.1) is 11.8 Å². The van der Waals surface area contributed by atoms with E-state index in [0.29, 0.717) is 0 Å². The van der Waals surface area contributed by atoms with Crippen molar-refractivity contribution in [3.63, 3.8) is 0 Å². The molecular weight excluding hydrogens is 168 g/mol. The van der Waals surface area contributed by atoms with E-state index in [9.17, 15) is 0 Å². The zero-order valence-corrected chi connectivity index (χ0v) is 7.84. The maximum atomic E-state index is 8.56. The lowest BCUT2D eigenvalue weighted by Gasteiger charge is -1.96. The second-order valence-electron chi connectivity index (χ2n) is 2.36. The fourth-order valence-electron chi connectivity index (χ4n) is 0.934. The Morgan fingerprint density at radius 1 is 1.50 bits per heavy atom. The Morgan fingerprint density at radius 2 is 2.33 bits per heavy atom. The van der Waals surface area contributed by atoms with Gasteiger partial charge in [-0.2, -0.15) is 0 Å². The van der Waals surface area contributed by atoms with Crippen LogP contribution in [0.2, 0.25) is 0 Å². The largest absolute Gasteiger partial charge is 0.392 e. The minimum atomic E-state index is 0.101. The van der Waals surface area contributed by atoms with Crippen molar-refractivity contribution in [2.75, 3.05) is 12.9 Å². The molecule has 1 N–H and O–H groups in total. The molecule has 12 heavy (non-hydrogen) atoms. The SMILES string of the molecule is CSc1cccc(/C=C/CO)c1. The molecule has 0 unspecified atom stereocenters. The molecule has 1 rings (SSSR count). The van der Waals surface area contributed by atoms with Gasteiger partial charge in [0, 0.05) is 4.90 Å². The van der Waals surface area contributed by atoms with Gasteiger partial charge in [-0.3, -0.25) is 0 Å². The second kappa shape index (κ2) is 5.01. The van der Waals surface area contributed by atoms with E-state index in [1.807, 2.05) is 18.2 Å². The molecule has 0 heterocycles. The Morgan fingerprint density at radius 3 is 3.00 bits per heavy atom. The summed E-state index contributed by atoms with van der Waals surface area (Å²) in [6.45, 7) is 0.101. The summed E-state index contributed by atoms with van der Waals surface area (Å²) in [4.78, 5) is 1.25. The lowest BCUT2D eigenvalue weighted by Crippen LogP contribution is -1.75. The summed E-state index contributed by atoms with van der Waals surface area (Å²) in [5, 5.41) is 8.56. The summed E-state index contributed by atoms with van der Waals surface area (Å²) in [5.74, 6) is 0. The average molecular weight is 180 g/mol. The molecule has 64 valence electrons. The predicted molar refractivity (Wildman–Crippen MR) is 54.3 cm³/mol. The van der Waals surface area contributed by atoms with Gasteiger partial charge in [-0.25, -0.2) is 0 Å². The molecule has 1 aromatic rings. The summed E-state index contributed by atoms with van der Waals surface area (Å²) in [5.41, 5.74) is 1.14. The summed E-state index contributed by atoms with van der Waals surface area (Å²) < 4.78 is 0. The Kier molecular flexibility index (Phi) is 3.91. The van der Waals surface area contributed by atoms with Gasteiger partial charge in [0.2, 0.25) is 0 Å². The standard InChI is InChI=1S/C10H12OS/c1-12-10-6-2-4-9(8-10)5-3-7-11/h2-6,8,11H,7H2,1H3/b5-3+. The minimum absolute atomic E-state index is 0.101. The van der Waals surface area contributed by atoms with Gasteiger partial charge < -0.3 is 5.11 Å². The van der Waals surface area contributed by atoms with Crippen molar-refractivity contribution in [2.45, 2.75) is 4.90 Å². The molecule has 0 aromatic heterocycles. The third-order valence-corrected chi connectivity index (χ3v) is 2.23. The minimum Gasteiger partial charge on any atom is -0.392 e. The molecule has 0 aliphatic rings. The van der Waals surface area contributed by atoms with Gasteiger partial charge in [-0.1, -0.05) is 24.3 Å². The highest BCUT2D eigenvalue weighted by Crippen LogP contribution is 2.16. The van der Waals surface area contributed by atoms with Gasteiger partial charge >= 0.3 is 0 Å². The molecule has 2 heteroatoms. The highest BCUT2D eigenvalue weighted by molar-refractivity contribution is 7.98. The summed E-state index contributed by atoms with van der Waals surface area (Å²) in [7, 11) is 0. The maximum Gasteiger partial charge on any atom is 0.0615 e. The van der Waals surface area contributed by atoms with E-state index in [2.05, 4.69) is 18.4 Å². The summed E-state index contributed by atoms with van der Waals surface area (Å²) in [6.07, 6.45) is 5.70. The van der Waals surface area contributed by atoms with Crippen LogP contribution in [0.4, 0.5) is 0 Å². The van der Waals surface area contributed by atoms with Crippen LogP contribution in [-0.2, 0) is 0 Å². The second-order valence-corrected chi connectivity index (χ2v) is 3.24. The molecule has 0 spiro atoms. The molecule has 0 amide bonds. The van der Waals surface area contributed by atoms with Gasteiger partial charge in [-0.05, 0) is 24.0 Å². The van der Waals surface area contributed by atoms with Crippen molar-refractivity contribution in [3.05, 3.63) is 35.9 Å². The molecule has 1 nitrogen and oxygen atoms in total. The van der Waals surface area contributed by atoms with Crippen LogP contribution in [0.1, 0.15) is 5.56 Å². The highest BCUT2D eigenvalue weighted by atomic mass is 32.2. The van der Waals surface area contributed by atoms with E-state index in [1.54, 1.807) is 17.8 Å². The van der Waals surface area contributed by atoms with Crippen LogP contribution in [-0.4, -0.2) is 18.0 Å². The zero-order chi connectivity index (χ0) is 8.81. The van der Waals surface area contributed by atoms with Crippen molar-refractivity contribution in [2.24, 2.45) is 0 Å². The van der Waals surface area contributed by atoms with Gasteiger partial charge in [0.25, 0.3) is 0 Å². The monoisotopic (exact) mass is 180 g/mol. The molecule has 0 fully saturated rings. The lowest BCUT2D eigenvalue weighted by atomic mass is 10.2. The van der Waals surface area contributed by atoms with Gasteiger partial charge in [0.05, 0.1) is 6.61 Å². The Balaban J connectivity index is 2.79. The van der Waals surface area contributed by atoms with Crippen molar-refractivity contribution in [1.29, 1.82) is 0 Å². The van der Waals surface area contributed by atoms with Crippen LogP contribution in [0.25, 0.3) is 6.08 Å². The molecule has 0 saturated carbocycles. The normalized spacial score (nSPS) is 10.8. The van der Waals surface area contributed by atoms with E-state index in [1.165, 1.54) is 4.90 Å². The first kappa shape index (κ1) is 9.36. The number of rotatable bonds is 3. The van der Waals surface area contributed by atoms with Crippen LogP contribution in [0.3, 0.4) is 0 Å². The number of aliphatic hydroxyl groups excluding tert-OH is 1. The number of thioether (sulfide) groups is 1. The fourth-order valence-corrected chi connectivity index (χ4v) is 1.40. The van der Waals surface area contributed by atoms with Gasteiger partial charge in [0.1, 0.15) is 0 Å². The first-order chi connectivity index (χ1) is 5.86. The highest BCUT2D eigenvalue weighted by Gasteiger charge is 1.89. The van der Waals surface area contributed by atoms with E-state index < -0.39 is 0 Å². The smallest absolute Gasteiger partial charge is 0.0615 e. The Hall–Kier alpha value is -0.730. The topological polar surface area (TPSA) is 20.2 Å². The molecule has 0 aliphatic heterocycles. The van der Waals surface area contributed by atoms with Crippen molar-refractivity contribution < 1.29 is 5.11 Å². The summed E-state index contributed by atoms with van der Waals surface area (Å²) >= 11 is 1.72. The predicted octanol–water partition coefficient (Wildman–Crippen LogP) is 2.41. The molecule has 0 saturated heterocycles. The number of aliphatic hydroxyl groups is 1. The number of hydrogen-bond donors (Lipinski definition) is 1. The first-order valence-corrected chi connectivity index (χ1v) is 5.00. The van der Waals surface area contributed by atoms with E-state index in [-0.39, 0.29) is 6.61 Å². The molecular formula is C10H12OS. The fraction of sp³-hybridized carbons (Fsp3) is 0.200. The third-order valence-electron chi connectivity index (χ3n) is 1.51. The van der Waals surface area contributed by atoms with E-state index >= 15 is 0 Å². The van der Waals surface area contributed by atoms with Crippen molar-refractivity contribution in [3.8, 4) is 0 Å². The van der Waals surface area contributed by atoms with Crippen LogP contribution in [0.5, 0.6) is 0 Å². The molecule has 0 radical (unpaired) electrons. The van der Waals surface area contributed by atoms with E-state index in [0.717, 1.165) is 5.56 Å². The maximum absolute atomic E-state index is 8.56. The molecule has 0 aliphatic carbocycles. The Labute approximate surface area is 77.1 Å². The molecule has 0 atom stereocenters. The average Bonchev–Trinajstić information content (AvgIpc) is 2.15. The van der Waals surface area contributed by atoms with Crippen molar-refractivity contribution >= 4 is 17.8 Å². The molecule has 1 aromatic carbocycles. The quantitative estimate of drug-likeness (QED) is 0.721. The lowest BCUT2D eigenvalue weighted by molar-refractivity contribution is 0.343. The van der Waals surface area contributed by atoms with Gasteiger partial charge in [0.15, 0.2) is 0 Å². The Bertz CT molecular complexity index is 268. The van der Waals surface area contributed by atoms with Crippen LogP contribution in [0.15, 0.2) is 35.2 Å². The van der Waals surface area contributed by atoms with Crippen LogP contribution in [0, 0.1) is 0 Å². The van der Waals surface area contributed by atoms with E-state index in [4.69, 9.17) is 5.11 Å². The molecule has 0 bridgehead atoms. The zero-order valence-electron chi connectivity index (χ0n) is 7.03.